The minimum Gasteiger partial charge on any atom is -0.310 e. The summed E-state index contributed by atoms with van der Waals surface area (Å²) in [5.74, 6) is 1.00. The second-order valence-electron chi connectivity index (χ2n) is 5.54. The Morgan fingerprint density at radius 3 is 2.78 bits per heavy atom. The fraction of sp³-hybridized carbons (Fsp3) is 0.625. The average molecular weight is 266 g/mol. The lowest BCUT2D eigenvalue weighted by molar-refractivity contribution is 0.470. The highest BCUT2D eigenvalue weighted by Crippen LogP contribution is 2.36. The van der Waals surface area contributed by atoms with E-state index in [4.69, 9.17) is 11.6 Å². The van der Waals surface area contributed by atoms with Gasteiger partial charge < -0.3 is 5.32 Å². The van der Waals surface area contributed by atoms with E-state index in [1.165, 1.54) is 43.2 Å². The topological polar surface area (TPSA) is 12.0 Å². The van der Waals surface area contributed by atoms with Gasteiger partial charge in [0.05, 0.1) is 0 Å². The normalized spacial score (nSPS) is 16.8. The zero-order valence-corrected chi connectivity index (χ0v) is 12.3. The van der Waals surface area contributed by atoms with Crippen LogP contribution in [0.1, 0.15) is 56.2 Å². The molecular formula is C16H24ClN. The smallest absolute Gasteiger partial charge is 0.0435 e. The van der Waals surface area contributed by atoms with Gasteiger partial charge in [-0.2, -0.15) is 0 Å². The van der Waals surface area contributed by atoms with Crippen LogP contribution in [-0.2, 0) is 0 Å². The van der Waals surface area contributed by atoms with Crippen LogP contribution in [0.25, 0.3) is 0 Å². The SMILES string of the molecule is CCCNC(CCC1CC1)c1ccc(Cl)c(C)c1. The highest BCUT2D eigenvalue weighted by Gasteiger charge is 2.23. The number of nitrogens with one attached hydrogen (secondary N) is 1. The maximum Gasteiger partial charge on any atom is 0.0435 e. The van der Waals surface area contributed by atoms with Gasteiger partial charge in [0.2, 0.25) is 0 Å². The van der Waals surface area contributed by atoms with Crippen molar-refractivity contribution in [1.29, 1.82) is 0 Å². The van der Waals surface area contributed by atoms with E-state index < -0.39 is 0 Å². The summed E-state index contributed by atoms with van der Waals surface area (Å²) < 4.78 is 0. The van der Waals surface area contributed by atoms with E-state index in [9.17, 15) is 0 Å². The molecule has 0 saturated heterocycles. The first-order valence-electron chi connectivity index (χ1n) is 7.20. The fourth-order valence-electron chi connectivity index (χ4n) is 2.40. The summed E-state index contributed by atoms with van der Waals surface area (Å²) in [6.45, 7) is 5.40. The summed E-state index contributed by atoms with van der Waals surface area (Å²) in [5.41, 5.74) is 2.58. The fourth-order valence-corrected chi connectivity index (χ4v) is 2.52. The van der Waals surface area contributed by atoms with E-state index in [1.807, 2.05) is 6.07 Å². The largest absolute Gasteiger partial charge is 0.310 e. The first kappa shape index (κ1) is 13.9. The average Bonchev–Trinajstić information content (AvgIpc) is 3.17. The van der Waals surface area contributed by atoms with Crippen molar-refractivity contribution >= 4 is 11.6 Å². The molecule has 1 aromatic rings. The Morgan fingerprint density at radius 1 is 1.39 bits per heavy atom. The molecule has 1 unspecified atom stereocenters. The highest BCUT2D eigenvalue weighted by atomic mass is 35.5. The van der Waals surface area contributed by atoms with Crippen molar-refractivity contribution in [3.63, 3.8) is 0 Å². The third-order valence-corrected chi connectivity index (χ3v) is 4.21. The predicted molar refractivity (Wildman–Crippen MR) is 79.2 cm³/mol. The van der Waals surface area contributed by atoms with Gasteiger partial charge in [-0.15, -0.1) is 0 Å². The van der Waals surface area contributed by atoms with Crippen LogP contribution in [0, 0.1) is 12.8 Å². The Balaban J connectivity index is 2.01. The maximum atomic E-state index is 6.11. The Morgan fingerprint density at radius 2 is 2.17 bits per heavy atom. The molecule has 0 aromatic heterocycles. The van der Waals surface area contributed by atoms with E-state index >= 15 is 0 Å². The Kier molecular flexibility index (Phi) is 5.08. The van der Waals surface area contributed by atoms with Crippen molar-refractivity contribution in [2.45, 2.75) is 52.0 Å². The second-order valence-corrected chi connectivity index (χ2v) is 5.94. The molecule has 0 spiro atoms. The molecule has 1 atom stereocenters. The molecule has 18 heavy (non-hydrogen) atoms. The summed E-state index contributed by atoms with van der Waals surface area (Å²) in [5, 5.41) is 4.54. The lowest BCUT2D eigenvalue weighted by atomic mass is 9.98. The Hall–Kier alpha value is -0.530. The van der Waals surface area contributed by atoms with E-state index in [-0.39, 0.29) is 0 Å². The predicted octanol–water partition coefficient (Wildman–Crippen LogP) is 4.88. The number of benzene rings is 1. The van der Waals surface area contributed by atoms with Crippen LogP contribution < -0.4 is 5.32 Å². The van der Waals surface area contributed by atoms with Crippen LogP contribution in [0.15, 0.2) is 18.2 Å². The van der Waals surface area contributed by atoms with Crippen molar-refractivity contribution < 1.29 is 0 Å². The molecule has 0 amide bonds. The highest BCUT2D eigenvalue weighted by molar-refractivity contribution is 6.31. The molecule has 1 fully saturated rings. The van der Waals surface area contributed by atoms with Gasteiger partial charge >= 0.3 is 0 Å². The van der Waals surface area contributed by atoms with Gasteiger partial charge in [0.1, 0.15) is 0 Å². The molecule has 100 valence electrons. The summed E-state index contributed by atoms with van der Waals surface area (Å²) in [6, 6.07) is 6.95. The first-order valence-corrected chi connectivity index (χ1v) is 7.58. The van der Waals surface area contributed by atoms with Gasteiger partial charge in [-0.05, 0) is 55.8 Å². The quantitative estimate of drug-likeness (QED) is 0.741. The Labute approximate surface area is 116 Å². The van der Waals surface area contributed by atoms with Gasteiger partial charge in [0.25, 0.3) is 0 Å². The monoisotopic (exact) mass is 265 g/mol. The molecular weight excluding hydrogens is 242 g/mol. The van der Waals surface area contributed by atoms with Gasteiger partial charge in [-0.25, -0.2) is 0 Å². The number of hydrogen-bond donors (Lipinski definition) is 1. The zero-order chi connectivity index (χ0) is 13.0. The van der Waals surface area contributed by atoms with Crippen molar-refractivity contribution in [3.8, 4) is 0 Å². The minimum atomic E-state index is 0.501. The summed E-state index contributed by atoms with van der Waals surface area (Å²) in [4.78, 5) is 0. The van der Waals surface area contributed by atoms with Crippen LogP contribution in [0.3, 0.4) is 0 Å². The number of halogens is 1. The minimum absolute atomic E-state index is 0.501. The van der Waals surface area contributed by atoms with Crippen LogP contribution in [0.4, 0.5) is 0 Å². The lowest BCUT2D eigenvalue weighted by Gasteiger charge is -2.19. The van der Waals surface area contributed by atoms with E-state index in [2.05, 4.69) is 31.3 Å². The summed E-state index contributed by atoms with van der Waals surface area (Å²) in [7, 11) is 0. The molecule has 0 bridgehead atoms. The van der Waals surface area contributed by atoms with E-state index in [1.54, 1.807) is 0 Å². The Bertz CT molecular complexity index is 385. The zero-order valence-electron chi connectivity index (χ0n) is 11.5. The molecule has 0 aliphatic heterocycles. The lowest BCUT2D eigenvalue weighted by Crippen LogP contribution is -2.22. The molecule has 1 nitrogen and oxygen atoms in total. The molecule has 0 radical (unpaired) electrons. The molecule has 2 rings (SSSR count). The van der Waals surface area contributed by atoms with Crippen molar-refractivity contribution in [2.24, 2.45) is 5.92 Å². The molecule has 1 N–H and O–H groups in total. The van der Waals surface area contributed by atoms with Gasteiger partial charge in [-0.1, -0.05) is 43.5 Å². The van der Waals surface area contributed by atoms with Gasteiger partial charge in [0.15, 0.2) is 0 Å². The van der Waals surface area contributed by atoms with Crippen molar-refractivity contribution in [2.75, 3.05) is 6.54 Å². The van der Waals surface area contributed by atoms with Crippen molar-refractivity contribution in [3.05, 3.63) is 34.3 Å². The first-order chi connectivity index (χ1) is 8.70. The molecule has 1 aromatic carbocycles. The van der Waals surface area contributed by atoms with Crippen LogP contribution in [-0.4, -0.2) is 6.54 Å². The van der Waals surface area contributed by atoms with Gasteiger partial charge in [-0.3, -0.25) is 0 Å². The van der Waals surface area contributed by atoms with E-state index in [0.717, 1.165) is 17.5 Å². The number of rotatable bonds is 7. The molecule has 1 aliphatic rings. The molecule has 1 saturated carbocycles. The number of hydrogen-bond acceptors (Lipinski definition) is 1. The second kappa shape index (κ2) is 6.58. The summed E-state index contributed by atoms with van der Waals surface area (Å²) in [6.07, 6.45) is 6.70. The molecule has 0 heterocycles. The van der Waals surface area contributed by atoms with Crippen LogP contribution >= 0.6 is 11.6 Å². The molecule has 2 heteroatoms. The third kappa shape index (κ3) is 4.00. The summed E-state index contributed by atoms with van der Waals surface area (Å²) >= 11 is 6.11. The maximum absolute atomic E-state index is 6.11. The number of aryl methyl sites for hydroxylation is 1. The molecule has 1 aliphatic carbocycles. The van der Waals surface area contributed by atoms with Gasteiger partial charge in [0, 0.05) is 11.1 Å². The third-order valence-electron chi connectivity index (χ3n) is 3.79. The van der Waals surface area contributed by atoms with Crippen LogP contribution in [0.2, 0.25) is 5.02 Å². The van der Waals surface area contributed by atoms with Crippen molar-refractivity contribution in [1.82, 2.24) is 5.32 Å². The van der Waals surface area contributed by atoms with E-state index in [0.29, 0.717) is 6.04 Å². The van der Waals surface area contributed by atoms with Crippen LogP contribution in [0.5, 0.6) is 0 Å². The standard InChI is InChI=1S/C16H24ClN/c1-3-10-18-16(9-6-13-4-5-13)14-7-8-15(17)12(2)11-14/h7-8,11,13,16,18H,3-6,9-10H2,1-2H3.